The number of nitrogens with zero attached hydrogens (tertiary/aromatic N) is 1. The second kappa shape index (κ2) is 10.4. The van der Waals surface area contributed by atoms with Gasteiger partial charge in [0.15, 0.2) is 5.78 Å². The predicted octanol–water partition coefficient (Wildman–Crippen LogP) is 7.82. The minimum Gasteiger partial charge on any atom is -0.392 e. The lowest BCUT2D eigenvalue weighted by Gasteiger charge is -2.64. The Hall–Kier alpha value is -3.00. The summed E-state index contributed by atoms with van der Waals surface area (Å²) in [6, 6.07) is 2.13. The van der Waals surface area contributed by atoms with E-state index in [9.17, 15) is 19.8 Å². The van der Waals surface area contributed by atoms with Gasteiger partial charge in [-0.1, -0.05) is 45.1 Å². The zero-order valence-corrected chi connectivity index (χ0v) is 31.8. The summed E-state index contributed by atoms with van der Waals surface area (Å²) in [6.07, 6.45) is 12.1. The molecule has 3 heterocycles. The van der Waals surface area contributed by atoms with Gasteiger partial charge < -0.3 is 24.8 Å². The third-order valence-corrected chi connectivity index (χ3v) is 15.3. The van der Waals surface area contributed by atoms with Crippen LogP contribution in [0.15, 0.2) is 36.4 Å². The number of carbonyl (C=O) groups excluding carboxylic acids is 2. The fraction of sp³-hybridized carbons (Fsp3) is 0.636. The quantitative estimate of drug-likeness (QED) is 0.278. The van der Waals surface area contributed by atoms with Gasteiger partial charge in [0.05, 0.1) is 34.5 Å². The monoisotopic (exact) mass is 692 g/mol. The van der Waals surface area contributed by atoms with Gasteiger partial charge in [-0.3, -0.25) is 9.59 Å². The van der Waals surface area contributed by atoms with Crippen molar-refractivity contribution in [1.82, 2.24) is 9.88 Å². The maximum atomic E-state index is 14.9. The molecule has 2 unspecified atom stereocenters. The molecule has 9 atom stereocenters. The van der Waals surface area contributed by atoms with Gasteiger partial charge in [-0.2, -0.15) is 0 Å². The number of nitrogens with one attached hydrogen (secondary N) is 1. The summed E-state index contributed by atoms with van der Waals surface area (Å²) in [5, 5.41) is 28.2. The fourth-order valence-electron chi connectivity index (χ4n) is 13.0. The third kappa shape index (κ3) is 4.23. The number of aromatic nitrogens is 1. The lowest BCUT2D eigenvalue weighted by Crippen LogP contribution is -2.62. The number of carbonyl (C=O) groups is 2. The second-order valence-electron chi connectivity index (χ2n) is 19.3. The third-order valence-electron chi connectivity index (χ3n) is 15.3. The Morgan fingerprint density at radius 2 is 1.80 bits per heavy atom. The minimum absolute atomic E-state index is 0.0410. The minimum atomic E-state index is -0.846. The van der Waals surface area contributed by atoms with E-state index in [-0.39, 0.29) is 34.4 Å². The summed E-state index contributed by atoms with van der Waals surface area (Å²) >= 11 is 0. The van der Waals surface area contributed by atoms with Gasteiger partial charge in [0.1, 0.15) is 6.04 Å². The van der Waals surface area contributed by atoms with Crippen molar-refractivity contribution >= 4 is 28.2 Å². The van der Waals surface area contributed by atoms with Crippen LogP contribution >= 0.6 is 0 Å². The number of aliphatic hydroxyl groups is 2. The molecule has 1 amide bonds. The first-order valence-electron chi connectivity index (χ1n) is 19.6. The molecule has 2 aromatic rings. The molecule has 1 aromatic heterocycles. The van der Waals surface area contributed by atoms with Gasteiger partial charge in [0, 0.05) is 45.9 Å². The van der Waals surface area contributed by atoms with Gasteiger partial charge in [0.25, 0.3) is 0 Å². The van der Waals surface area contributed by atoms with E-state index in [2.05, 4.69) is 83.1 Å². The normalized spacial score (nSPS) is 39.7. The molecule has 51 heavy (non-hydrogen) atoms. The Kier molecular flexibility index (Phi) is 6.87. The smallest absolute Gasteiger partial charge is 0.224 e. The Labute approximate surface area is 302 Å². The van der Waals surface area contributed by atoms with Crippen LogP contribution in [-0.4, -0.2) is 49.8 Å². The average Bonchev–Trinajstić information content (AvgIpc) is 3.50. The topological polar surface area (TPSA) is 101 Å². The van der Waals surface area contributed by atoms with Crippen molar-refractivity contribution in [3.8, 4) is 0 Å². The lowest BCUT2D eigenvalue weighted by atomic mass is 9.40. The number of rotatable bonds is 5. The highest BCUT2D eigenvalue weighted by molar-refractivity contribution is 6.18. The maximum Gasteiger partial charge on any atom is 0.224 e. The van der Waals surface area contributed by atoms with E-state index in [1.807, 2.05) is 13.0 Å². The second-order valence-corrected chi connectivity index (χ2v) is 19.3. The molecule has 3 saturated carbocycles. The molecular weight excluding hydrogens is 636 g/mol. The van der Waals surface area contributed by atoms with E-state index < -0.39 is 34.9 Å². The number of ether oxygens (including phenoxy) is 1. The predicted molar refractivity (Wildman–Crippen MR) is 199 cm³/mol. The Balaban J connectivity index is 1.22. The number of amides is 1. The number of Topliss-reactive ketones (excluding diaryl/α,β-unsaturated/α-hetero) is 1. The van der Waals surface area contributed by atoms with E-state index in [1.54, 1.807) is 0 Å². The van der Waals surface area contributed by atoms with Crippen LogP contribution in [0.1, 0.15) is 145 Å². The Morgan fingerprint density at radius 1 is 1.08 bits per heavy atom. The summed E-state index contributed by atoms with van der Waals surface area (Å²) in [4.78, 5) is 27.5. The van der Waals surface area contributed by atoms with Crippen molar-refractivity contribution < 1.29 is 24.5 Å². The van der Waals surface area contributed by atoms with Gasteiger partial charge in [-0.25, -0.2) is 0 Å². The van der Waals surface area contributed by atoms with E-state index in [0.717, 1.165) is 71.7 Å². The molecule has 0 bridgehead atoms. The van der Waals surface area contributed by atoms with E-state index in [0.29, 0.717) is 30.4 Å². The highest BCUT2D eigenvalue weighted by Gasteiger charge is 2.67. The molecule has 5 aliphatic carbocycles. The van der Waals surface area contributed by atoms with Crippen molar-refractivity contribution in [3.05, 3.63) is 64.4 Å². The Morgan fingerprint density at radius 3 is 2.49 bits per heavy atom. The Bertz CT molecular complexity index is 2010. The molecule has 9 rings (SSSR count). The summed E-state index contributed by atoms with van der Waals surface area (Å²) in [5.41, 5.74) is 5.92. The number of aliphatic hydroxyl groups excluding tert-OH is 2. The van der Waals surface area contributed by atoms with Crippen LogP contribution in [0.5, 0.6) is 0 Å². The van der Waals surface area contributed by atoms with Crippen molar-refractivity contribution in [2.24, 2.45) is 28.6 Å². The van der Waals surface area contributed by atoms with Crippen LogP contribution in [0, 0.1) is 28.6 Å². The van der Waals surface area contributed by atoms with Crippen LogP contribution in [-0.2, 0) is 21.4 Å². The number of hydrogen-bond donors (Lipinski definition) is 3. The zero-order chi connectivity index (χ0) is 36.4. The fourth-order valence-corrected chi connectivity index (χ4v) is 13.0. The highest BCUT2D eigenvalue weighted by atomic mass is 16.5. The molecule has 0 spiro atoms. The highest BCUT2D eigenvalue weighted by Crippen LogP contribution is 2.71. The molecule has 7 aliphatic rings. The van der Waals surface area contributed by atoms with E-state index in [4.69, 9.17) is 4.74 Å². The van der Waals surface area contributed by atoms with Gasteiger partial charge >= 0.3 is 0 Å². The van der Waals surface area contributed by atoms with Crippen molar-refractivity contribution in [3.63, 3.8) is 0 Å². The molecule has 7 heteroatoms. The standard InChI is InChI=1S/C44H56N2O5/c1-22(2)35-38(50)33-32-25(28-21-40(3,4)51-41(5,6)34(28)37(32)49)20-26-27-19-23-12-15-29-42(7,17-10-11-31(48)45-24-13-14-24)30(47)16-18-43(29,8)44(23,9)39(27)46(35)36(26)33/h10,17,20-21,23-24,29-30,34-35,37,47,49H,1,11-16,18-19H2,2-9H3,(H,45,48)/b17-10+/t23?,29-,30-,34?,35-,37+,42-,43-,44+/m0/s1. The van der Waals surface area contributed by atoms with Crippen LogP contribution in [0.2, 0.25) is 0 Å². The molecule has 2 aliphatic heterocycles. The first-order chi connectivity index (χ1) is 23.9. The maximum absolute atomic E-state index is 14.9. The summed E-state index contributed by atoms with van der Waals surface area (Å²) < 4.78 is 8.90. The summed E-state index contributed by atoms with van der Waals surface area (Å²) in [5.74, 6) is 0.433. The summed E-state index contributed by atoms with van der Waals surface area (Å²) in [6.45, 7) is 21.8. The van der Waals surface area contributed by atoms with Gasteiger partial charge in [-0.05, 0) is 126 Å². The molecule has 1 aromatic carbocycles. The summed E-state index contributed by atoms with van der Waals surface area (Å²) in [7, 11) is 0. The number of hydrogen-bond acceptors (Lipinski definition) is 5. The van der Waals surface area contributed by atoms with Gasteiger partial charge in [-0.15, -0.1) is 0 Å². The molecule has 7 nitrogen and oxygen atoms in total. The van der Waals surface area contributed by atoms with Crippen molar-refractivity contribution in [2.75, 3.05) is 0 Å². The van der Waals surface area contributed by atoms with Crippen molar-refractivity contribution in [1.29, 1.82) is 0 Å². The first kappa shape index (κ1) is 33.8. The molecular formula is C44H56N2O5. The van der Waals surface area contributed by atoms with Crippen LogP contribution in [0.25, 0.3) is 16.5 Å². The van der Waals surface area contributed by atoms with E-state index >= 15 is 0 Å². The number of benzene rings is 1. The molecule has 0 radical (unpaired) electrons. The SMILES string of the molecule is C=C(C)[C@H]1C(=O)c2c3c(cc4c5c(n1c24)[C@@]1(C)C(CC[C@H]2[C@](C)(/C=C/CC(=O)NC4CC4)[C@@H](O)CC[C@@]21C)C5)C1=CC(C)(C)OC(C)(C)C1[C@@H]3O. The van der Waals surface area contributed by atoms with Crippen molar-refractivity contribution in [2.45, 2.75) is 148 Å². The van der Waals surface area contributed by atoms with Crippen LogP contribution in [0.4, 0.5) is 0 Å². The average molecular weight is 693 g/mol. The first-order valence-corrected chi connectivity index (χ1v) is 19.6. The van der Waals surface area contributed by atoms with Crippen LogP contribution in [0.3, 0.4) is 0 Å². The van der Waals surface area contributed by atoms with E-state index in [1.165, 1.54) is 11.3 Å². The van der Waals surface area contributed by atoms with Crippen LogP contribution < -0.4 is 5.32 Å². The number of fused-ring (bicyclic) bond motifs is 11. The van der Waals surface area contributed by atoms with Gasteiger partial charge in [0.2, 0.25) is 5.91 Å². The largest absolute Gasteiger partial charge is 0.392 e. The molecule has 3 fully saturated rings. The lowest BCUT2D eigenvalue weighted by molar-refractivity contribution is -0.145. The molecule has 272 valence electrons. The number of ketones is 1. The zero-order valence-electron chi connectivity index (χ0n) is 31.8. The molecule has 3 N–H and O–H groups in total. The number of allylic oxidation sites excluding steroid dienone is 1. The molecule has 0 saturated heterocycles.